The van der Waals surface area contributed by atoms with E-state index in [2.05, 4.69) is 5.32 Å². The fraction of sp³-hybridized carbons (Fsp3) is 0.538. The quantitative estimate of drug-likeness (QED) is 0.919. The Labute approximate surface area is 130 Å². The lowest BCUT2D eigenvalue weighted by Crippen LogP contribution is -2.44. The first kappa shape index (κ1) is 16.0. The predicted molar refractivity (Wildman–Crippen MR) is 81.9 cm³/mol. The molecular formula is C13H18Cl2N2O2S. The van der Waals surface area contributed by atoms with Crippen molar-refractivity contribution in [2.24, 2.45) is 0 Å². The van der Waals surface area contributed by atoms with Gasteiger partial charge in [-0.3, -0.25) is 0 Å². The Kier molecular flexibility index (Phi) is 5.31. The number of piperidine rings is 1. The van der Waals surface area contributed by atoms with Crippen molar-refractivity contribution in [1.29, 1.82) is 0 Å². The first-order chi connectivity index (χ1) is 9.41. The summed E-state index contributed by atoms with van der Waals surface area (Å²) in [5, 5.41) is 3.89. The van der Waals surface area contributed by atoms with Crippen LogP contribution in [0, 0.1) is 0 Å². The van der Waals surface area contributed by atoms with E-state index in [-0.39, 0.29) is 16.0 Å². The van der Waals surface area contributed by atoms with E-state index in [1.165, 1.54) is 16.4 Å². The van der Waals surface area contributed by atoms with E-state index in [4.69, 9.17) is 23.2 Å². The highest BCUT2D eigenvalue weighted by molar-refractivity contribution is 7.89. The van der Waals surface area contributed by atoms with E-state index in [9.17, 15) is 8.42 Å². The van der Waals surface area contributed by atoms with Gasteiger partial charge in [-0.25, -0.2) is 8.42 Å². The van der Waals surface area contributed by atoms with Crippen molar-refractivity contribution in [2.45, 2.75) is 30.2 Å². The summed E-state index contributed by atoms with van der Waals surface area (Å²) in [6.07, 6.45) is 3.26. The Balaban J connectivity index is 2.18. The molecule has 1 aromatic carbocycles. The average Bonchev–Trinajstić information content (AvgIpc) is 2.42. The summed E-state index contributed by atoms with van der Waals surface area (Å²) in [6.45, 7) is 1.38. The molecule has 1 saturated heterocycles. The molecule has 0 radical (unpaired) electrons. The van der Waals surface area contributed by atoms with Gasteiger partial charge in [0.15, 0.2) is 0 Å². The standard InChI is InChI=1S/C13H18Cl2N2O2S/c1-17(9-11-4-2-3-7-16-11)20(18,19)13-8-10(14)5-6-12(13)15/h5-6,8,11,16H,2-4,7,9H2,1H3. The topological polar surface area (TPSA) is 49.4 Å². The molecule has 20 heavy (non-hydrogen) atoms. The maximum Gasteiger partial charge on any atom is 0.244 e. The molecule has 1 heterocycles. The van der Waals surface area contributed by atoms with Crippen LogP contribution in [-0.4, -0.2) is 38.9 Å². The van der Waals surface area contributed by atoms with Crippen LogP contribution in [0.2, 0.25) is 10.0 Å². The zero-order valence-electron chi connectivity index (χ0n) is 11.3. The number of sulfonamides is 1. The van der Waals surface area contributed by atoms with Crippen molar-refractivity contribution in [3.8, 4) is 0 Å². The van der Waals surface area contributed by atoms with Crippen molar-refractivity contribution < 1.29 is 8.42 Å². The fourth-order valence-electron chi connectivity index (χ4n) is 2.33. The van der Waals surface area contributed by atoms with E-state index in [1.54, 1.807) is 13.1 Å². The summed E-state index contributed by atoms with van der Waals surface area (Å²) in [4.78, 5) is 0.0602. The van der Waals surface area contributed by atoms with Crippen molar-refractivity contribution in [1.82, 2.24) is 9.62 Å². The maximum absolute atomic E-state index is 12.5. The molecule has 0 spiro atoms. The van der Waals surface area contributed by atoms with Gasteiger partial charge in [-0.05, 0) is 37.6 Å². The van der Waals surface area contributed by atoms with E-state index < -0.39 is 10.0 Å². The molecule has 1 atom stereocenters. The second-order valence-corrected chi connectivity index (χ2v) is 7.86. The van der Waals surface area contributed by atoms with Crippen LogP contribution in [0.25, 0.3) is 0 Å². The van der Waals surface area contributed by atoms with Crippen LogP contribution in [0.5, 0.6) is 0 Å². The number of nitrogens with one attached hydrogen (secondary N) is 1. The van der Waals surface area contributed by atoms with Gasteiger partial charge in [0.1, 0.15) is 4.90 Å². The van der Waals surface area contributed by atoms with E-state index in [0.717, 1.165) is 25.8 Å². The van der Waals surface area contributed by atoms with E-state index in [0.29, 0.717) is 11.6 Å². The van der Waals surface area contributed by atoms with E-state index in [1.807, 2.05) is 0 Å². The minimum Gasteiger partial charge on any atom is -0.313 e. The van der Waals surface area contributed by atoms with Crippen molar-refractivity contribution in [2.75, 3.05) is 20.1 Å². The minimum absolute atomic E-state index is 0.0602. The average molecular weight is 337 g/mol. The smallest absolute Gasteiger partial charge is 0.244 e. The molecule has 0 aromatic heterocycles. The van der Waals surface area contributed by atoms with Gasteiger partial charge in [0, 0.05) is 24.7 Å². The Morgan fingerprint density at radius 3 is 2.75 bits per heavy atom. The van der Waals surface area contributed by atoms with Gasteiger partial charge >= 0.3 is 0 Å². The third-order valence-electron chi connectivity index (χ3n) is 3.47. The molecule has 112 valence electrons. The molecule has 2 rings (SSSR count). The number of benzene rings is 1. The number of rotatable bonds is 4. The van der Waals surface area contributed by atoms with Crippen molar-refractivity contribution in [3.63, 3.8) is 0 Å². The summed E-state index contributed by atoms with van der Waals surface area (Å²) in [6, 6.07) is 4.67. The molecular weight excluding hydrogens is 319 g/mol. The molecule has 1 unspecified atom stereocenters. The first-order valence-electron chi connectivity index (χ1n) is 6.56. The number of hydrogen-bond acceptors (Lipinski definition) is 3. The van der Waals surface area contributed by atoms with Crippen molar-refractivity contribution in [3.05, 3.63) is 28.2 Å². The highest BCUT2D eigenvalue weighted by Gasteiger charge is 2.26. The summed E-state index contributed by atoms with van der Waals surface area (Å²) >= 11 is 11.9. The lowest BCUT2D eigenvalue weighted by atomic mass is 10.1. The number of nitrogens with zero attached hydrogens (tertiary/aromatic N) is 1. The zero-order valence-corrected chi connectivity index (χ0v) is 13.6. The van der Waals surface area contributed by atoms with Gasteiger partial charge in [0.25, 0.3) is 0 Å². The molecule has 1 aromatic rings. The molecule has 1 aliphatic rings. The van der Waals surface area contributed by atoms with Crippen LogP contribution in [0.15, 0.2) is 23.1 Å². The maximum atomic E-state index is 12.5. The van der Waals surface area contributed by atoms with Gasteiger partial charge in [0.05, 0.1) is 5.02 Å². The summed E-state index contributed by atoms with van der Waals surface area (Å²) in [7, 11) is -2.04. The van der Waals surface area contributed by atoms with Crippen LogP contribution in [0.1, 0.15) is 19.3 Å². The third-order valence-corrected chi connectivity index (χ3v) is 6.01. The summed E-state index contributed by atoms with van der Waals surface area (Å²) < 4.78 is 26.4. The molecule has 0 amide bonds. The van der Waals surface area contributed by atoms with Crippen LogP contribution in [0.3, 0.4) is 0 Å². The lowest BCUT2D eigenvalue weighted by Gasteiger charge is -2.28. The third kappa shape index (κ3) is 3.65. The fourth-order valence-corrected chi connectivity index (χ4v) is 4.28. The van der Waals surface area contributed by atoms with Crippen LogP contribution < -0.4 is 5.32 Å². The van der Waals surface area contributed by atoms with Gasteiger partial charge in [-0.15, -0.1) is 0 Å². The van der Waals surface area contributed by atoms with Gasteiger partial charge in [0.2, 0.25) is 10.0 Å². The monoisotopic (exact) mass is 336 g/mol. The molecule has 1 fully saturated rings. The van der Waals surface area contributed by atoms with Crippen molar-refractivity contribution >= 4 is 33.2 Å². The van der Waals surface area contributed by atoms with Crippen LogP contribution >= 0.6 is 23.2 Å². The molecule has 0 saturated carbocycles. The normalized spacial score (nSPS) is 20.3. The highest BCUT2D eigenvalue weighted by Crippen LogP contribution is 2.27. The van der Waals surface area contributed by atoms with Gasteiger partial charge < -0.3 is 5.32 Å². The predicted octanol–water partition coefficient (Wildman–Crippen LogP) is 2.76. The second-order valence-electron chi connectivity index (χ2n) is 5.01. The zero-order chi connectivity index (χ0) is 14.8. The molecule has 0 bridgehead atoms. The SMILES string of the molecule is CN(CC1CCCCN1)S(=O)(=O)c1cc(Cl)ccc1Cl. The Hall–Kier alpha value is -0.330. The first-order valence-corrected chi connectivity index (χ1v) is 8.75. The molecule has 4 nitrogen and oxygen atoms in total. The molecule has 0 aliphatic carbocycles. The Morgan fingerprint density at radius 1 is 1.35 bits per heavy atom. The molecule has 1 N–H and O–H groups in total. The summed E-state index contributed by atoms with van der Waals surface area (Å²) in [5.74, 6) is 0. The molecule has 7 heteroatoms. The molecule has 1 aliphatic heterocycles. The minimum atomic E-state index is -3.61. The van der Waals surface area contributed by atoms with Gasteiger partial charge in [-0.1, -0.05) is 29.6 Å². The van der Waals surface area contributed by atoms with Gasteiger partial charge in [-0.2, -0.15) is 4.31 Å². The van der Waals surface area contributed by atoms with Crippen LogP contribution in [0.4, 0.5) is 0 Å². The number of likely N-dealkylation sites (N-methyl/N-ethyl adjacent to an activating group) is 1. The van der Waals surface area contributed by atoms with Crippen LogP contribution in [-0.2, 0) is 10.0 Å². The second kappa shape index (κ2) is 6.62. The summed E-state index contributed by atoms with van der Waals surface area (Å²) in [5.41, 5.74) is 0. The largest absolute Gasteiger partial charge is 0.313 e. The van der Waals surface area contributed by atoms with E-state index >= 15 is 0 Å². The Morgan fingerprint density at radius 2 is 2.10 bits per heavy atom. The highest BCUT2D eigenvalue weighted by atomic mass is 35.5. The number of hydrogen-bond donors (Lipinski definition) is 1. The Bertz CT molecular complexity index is 572. The number of halogens is 2. The lowest BCUT2D eigenvalue weighted by molar-refractivity contribution is 0.337.